The molecule has 1 aromatic rings. The van der Waals surface area contributed by atoms with Gasteiger partial charge in [-0.1, -0.05) is 17.7 Å². The van der Waals surface area contributed by atoms with E-state index in [1.807, 2.05) is 32.9 Å². The number of ether oxygens (including phenoxy) is 1. The van der Waals surface area contributed by atoms with E-state index in [0.717, 1.165) is 22.3 Å². The van der Waals surface area contributed by atoms with E-state index in [0.29, 0.717) is 0 Å². The highest BCUT2D eigenvalue weighted by Crippen LogP contribution is 2.16. The van der Waals surface area contributed by atoms with Gasteiger partial charge < -0.3 is 4.74 Å². The molecule has 0 aliphatic carbocycles. The smallest absolute Gasteiger partial charge is 0.261 e. The van der Waals surface area contributed by atoms with Gasteiger partial charge in [-0.05, 0) is 37.5 Å². The molecule has 1 rings (SSSR count). The minimum Gasteiger partial charge on any atom is -0.374 e. The molecule has 0 atom stereocenters. The average molecular weight is 321 g/mol. The van der Waals surface area contributed by atoms with E-state index in [4.69, 9.17) is 0 Å². The van der Waals surface area contributed by atoms with Crippen molar-refractivity contribution in [3.8, 4) is 0 Å². The molecule has 0 saturated carbocycles. The highest BCUT2D eigenvalue weighted by atomic mass is 32.2. The highest BCUT2D eigenvalue weighted by Gasteiger charge is 2.13. The summed E-state index contributed by atoms with van der Waals surface area (Å²) in [5.74, 6) is -0.330. The largest absolute Gasteiger partial charge is 0.374 e. The van der Waals surface area contributed by atoms with Crippen molar-refractivity contribution >= 4 is 10.0 Å². The summed E-state index contributed by atoms with van der Waals surface area (Å²) in [4.78, 5) is 0. The molecule has 0 fully saturated rings. The molecule has 1 N–H and O–H groups in total. The normalized spacial score (nSPS) is 12.1. The molecule has 0 bridgehead atoms. The number of aryl methyl sites for hydroxylation is 3. The zero-order valence-corrected chi connectivity index (χ0v) is 13.3. The fourth-order valence-electron chi connectivity index (χ4n) is 2.08. The van der Waals surface area contributed by atoms with Crippen LogP contribution in [0.3, 0.4) is 0 Å². The van der Waals surface area contributed by atoms with Crippen LogP contribution in [0.2, 0.25) is 0 Å². The Kier molecular flexibility index (Phi) is 6.70. The summed E-state index contributed by atoms with van der Waals surface area (Å²) < 4.78 is 54.3. The molecule has 4 nitrogen and oxygen atoms in total. The minimum atomic E-state index is -3.54. The number of halogens is 2. The third-order valence-electron chi connectivity index (χ3n) is 3.05. The third kappa shape index (κ3) is 6.50. The van der Waals surface area contributed by atoms with Crippen LogP contribution in [-0.4, -0.2) is 33.8 Å². The molecule has 0 radical (unpaired) electrons. The maximum Gasteiger partial charge on any atom is 0.261 e. The minimum absolute atomic E-state index is 0.190. The van der Waals surface area contributed by atoms with Crippen LogP contribution in [0.15, 0.2) is 12.1 Å². The predicted molar refractivity (Wildman–Crippen MR) is 78.1 cm³/mol. The molecule has 0 unspecified atom stereocenters. The Hall–Kier alpha value is -1.05. The van der Waals surface area contributed by atoms with Gasteiger partial charge in [-0.2, -0.15) is 0 Å². The van der Waals surface area contributed by atoms with Gasteiger partial charge in [0.05, 0.1) is 12.4 Å². The van der Waals surface area contributed by atoms with Gasteiger partial charge in [-0.15, -0.1) is 0 Å². The summed E-state index contributed by atoms with van der Waals surface area (Å²) in [5.41, 5.74) is 4.09. The fraction of sp³-hybridized carbons (Fsp3) is 0.571. The maximum absolute atomic E-state index is 11.9. The van der Waals surface area contributed by atoms with Crippen LogP contribution >= 0.6 is 0 Å². The van der Waals surface area contributed by atoms with Gasteiger partial charge in [-0.25, -0.2) is 21.9 Å². The number of hydrogen-bond acceptors (Lipinski definition) is 3. The van der Waals surface area contributed by atoms with E-state index in [9.17, 15) is 17.2 Å². The predicted octanol–water partition coefficient (Wildman–Crippen LogP) is 2.31. The van der Waals surface area contributed by atoms with Crippen molar-refractivity contribution < 1.29 is 21.9 Å². The second-order valence-corrected chi connectivity index (χ2v) is 6.91. The number of alkyl halides is 2. The van der Waals surface area contributed by atoms with Gasteiger partial charge in [0, 0.05) is 6.54 Å². The summed E-state index contributed by atoms with van der Waals surface area (Å²) in [7, 11) is -3.54. The second kappa shape index (κ2) is 7.82. The van der Waals surface area contributed by atoms with Crippen LogP contribution in [0.25, 0.3) is 0 Å². The Bertz CT molecular complexity index is 551. The molecule has 0 spiro atoms. The van der Waals surface area contributed by atoms with Crippen LogP contribution in [-0.2, 0) is 21.3 Å². The second-order valence-electron chi connectivity index (χ2n) is 4.98. The molecule has 0 aromatic heterocycles. The van der Waals surface area contributed by atoms with Crippen LogP contribution in [0.4, 0.5) is 8.78 Å². The number of nitrogens with one attached hydrogen (secondary N) is 1. The summed E-state index contributed by atoms with van der Waals surface area (Å²) in [6.45, 7) is 5.03. The molecule has 7 heteroatoms. The van der Waals surface area contributed by atoms with Gasteiger partial charge in [0.2, 0.25) is 10.0 Å². The van der Waals surface area contributed by atoms with Gasteiger partial charge >= 0.3 is 0 Å². The standard InChI is InChI=1S/C14H21F2NO3S/c1-10-6-11(2)13(12(3)7-10)8-17-21(18,19)5-4-20-9-14(15)16/h6-7,14,17H,4-5,8-9H2,1-3H3. The summed E-state index contributed by atoms with van der Waals surface area (Å²) >= 11 is 0. The van der Waals surface area contributed by atoms with Gasteiger partial charge in [-0.3, -0.25) is 0 Å². The van der Waals surface area contributed by atoms with Crippen LogP contribution in [0.5, 0.6) is 0 Å². The quantitative estimate of drug-likeness (QED) is 0.748. The molecule has 120 valence electrons. The zero-order valence-electron chi connectivity index (χ0n) is 12.4. The SMILES string of the molecule is Cc1cc(C)c(CNS(=O)(=O)CCOCC(F)F)c(C)c1. The van der Waals surface area contributed by atoms with Crippen molar-refractivity contribution in [3.63, 3.8) is 0 Å². The van der Waals surface area contributed by atoms with E-state index >= 15 is 0 Å². The highest BCUT2D eigenvalue weighted by molar-refractivity contribution is 7.89. The van der Waals surface area contributed by atoms with Gasteiger partial charge in [0.15, 0.2) is 0 Å². The molecular formula is C14H21F2NO3S. The summed E-state index contributed by atoms with van der Waals surface area (Å²) in [6.07, 6.45) is -2.58. The topological polar surface area (TPSA) is 55.4 Å². The van der Waals surface area contributed by atoms with Crippen molar-refractivity contribution in [2.45, 2.75) is 33.7 Å². The lowest BCUT2D eigenvalue weighted by atomic mass is 10.0. The number of benzene rings is 1. The lowest BCUT2D eigenvalue weighted by Gasteiger charge is -2.13. The first kappa shape index (κ1) is 18.0. The van der Waals surface area contributed by atoms with E-state index in [2.05, 4.69) is 9.46 Å². The number of hydrogen-bond donors (Lipinski definition) is 1. The Morgan fingerprint density at radius 2 is 1.76 bits per heavy atom. The fourth-order valence-corrected chi connectivity index (χ4v) is 2.93. The molecular weight excluding hydrogens is 300 g/mol. The Balaban J connectivity index is 2.54. The monoisotopic (exact) mass is 321 g/mol. The molecule has 0 saturated heterocycles. The Labute approximate surface area is 124 Å². The Morgan fingerprint density at radius 3 is 2.29 bits per heavy atom. The lowest BCUT2D eigenvalue weighted by molar-refractivity contribution is 0.0233. The van der Waals surface area contributed by atoms with E-state index in [1.54, 1.807) is 0 Å². The first-order valence-electron chi connectivity index (χ1n) is 6.61. The average Bonchev–Trinajstić information content (AvgIpc) is 2.33. The van der Waals surface area contributed by atoms with Crippen molar-refractivity contribution in [1.29, 1.82) is 0 Å². The van der Waals surface area contributed by atoms with Crippen LogP contribution in [0.1, 0.15) is 22.3 Å². The first-order chi connectivity index (χ1) is 9.71. The van der Waals surface area contributed by atoms with Gasteiger partial charge in [0.1, 0.15) is 6.61 Å². The summed E-state index contributed by atoms with van der Waals surface area (Å²) in [5, 5.41) is 0. The van der Waals surface area contributed by atoms with Gasteiger partial charge in [0.25, 0.3) is 6.43 Å². The van der Waals surface area contributed by atoms with Crippen molar-refractivity contribution in [1.82, 2.24) is 4.72 Å². The first-order valence-corrected chi connectivity index (χ1v) is 8.26. The summed E-state index contributed by atoms with van der Waals surface area (Å²) in [6, 6.07) is 3.98. The molecule has 0 aliphatic rings. The Morgan fingerprint density at radius 1 is 1.19 bits per heavy atom. The molecule has 0 aliphatic heterocycles. The third-order valence-corrected chi connectivity index (χ3v) is 4.34. The number of sulfonamides is 1. The lowest BCUT2D eigenvalue weighted by Crippen LogP contribution is -2.29. The molecule has 0 amide bonds. The molecule has 21 heavy (non-hydrogen) atoms. The number of rotatable bonds is 8. The molecule has 0 heterocycles. The van der Waals surface area contributed by atoms with E-state index in [-0.39, 0.29) is 18.9 Å². The van der Waals surface area contributed by atoms with Crippen LogP contribution < -0.4 is 4.72 Å². The van der Waals surface area contributed by atoms with Crippen molar-refractivity contribution in [2.75, 3.05) is 19.0 Å². The van der Waals surface area contributed by atoms with Crippen molar-refractivity contribution in [3.05, 3.63) is 34.4 Å². The molecule has 1 aromatic carbocycles. The van der Waals surface area contributed by atoms with E-state index in [1.165, 1.54) is 0 Å². The van der Waals surface area contributed by atoms with Crippen LogP contribution in [0, 0.1) is 20.8 Å². The zero-order chi connectivity index (χ0) is 16.0. The van der Waals surface area contributed by atoms with Crippen molar-refractivity contribution in [2.24, 2.45) is 0 Å². The van der Waals surface area contributed by atoms with E-state index < -0.39 is 23.1 Å². The maximum atomic E-state index is 11.9.